The molecule has 0 aliphatic rings. The molecular weight excluding hydrogens is 260 g/mol. The van der Waals surface area contributed by atoms with Gasteiger partial charge in [-0.25, -0.2) is 18.6 Å². The molecule has 0 unspecified atom stereocenters. The number of hydrogen-bond donors (Lipinski definition) is 0. The third kappa shape index (κ3) is 2.53. The second-order valence-corrected chi connectivity index (χ2v) is 4.24. The topological polar surface area (TPSA) is 39.2 Å². The summed E-state index contributed by atoms with van der Waals surface area (Å²) in [6, 6.07) is 3.09. The minimum Gasteiger partial charge on any atom is -0.461 e. The number of thiazole rings is 1. The van der Waals surface area contributed by atoms with Crippen LogP contribution in [-0.4, -0.2) is 17.6 Å². The highest BCUT2D eigenvalue weighted by Crippen LogP contribution is 2.25. The Labute approximate surface area is 106 Å². The zero-order valence-electron chi connectivity index (χ0n) is 9.44. The van der Waals surface area contributed by atoms with E-state index in [2.05, 4.69) is 4.98 Å². The normalized spacial score (nSPS) is 10.4. The molecule has 0 saturated carbocycles. The second kappa shape index (κ2) is 5.22. The lowest BCUT2D eigenvalue weighted by Gasteiger charge is -1.99. The number of nitrogens with zero attached hydrogens (tertiary/aromatic N) is 1. The number of ether oxygens (including phenoxy) is 1. The molecule has 18 heavy (non-hydrogen) atoms. The van der Waals surface area contributed by atoms with Gasteiger partial charge in [-0.05, 0) is 25.1 Å². The number of carbonyl (C=O) groups excluding carboxylic acids is 1. The van der Waals surface area contributed by atoms with E-state index in [9.17, 15) is 13.6 Å². The van der Waals surface area contributed by atoms with Gasteiger partial charge in [0.05, 0.1) is 12.3 Å². The maximum Gasteiger partial charge on any atom is 0.367 e. The molecule has 1 aromatic carbocycles. The highest BCUT2D eigenvalue weighted by atomic mass is 32.1. The number of carbonyl (C=O) groups is 1. The van der Waals surface area contributed by atoms with Crippen molar-refractivity contribution in [2.24, 2.45) is 0 Å². The van der Waals surface area contributed by atoms with Crippen LogP contribution in [0.5, 0.6) is 0 Å². The van der Waals surface area contributed by atoms with Crippen LogP contribution in [0.15, 0.2) is 23.6 Å². The summed E-state index contributed by atoms with van der Waals surface area (Å²) in [4.78, 5) is 15.3. The minimum atomic E-state index is -0.586. The van der Waals surface area contributed by atoms with Gasteiger partial charge in [0.2, 0.25) is 5.01 Å². The number of rotatable bonds is 3. The quantitative estimate of drug-likeness (QED) is 0.803. The lowest BCUT2D eigenvalue weighted by Crippen LogP contribution is -2.03. The van der Waals surface area contributed by atoms with Gasteiger partial charge < -0.3 is 4.74 Å². The van der Waals surface area contributed by atoms with Crippen LogP contribution in [-0.2, 0) is 4.74 Å². The summed E-state index contributed by atoms with van der Waals surface area (Å²) in [5, 5.41) is 1.61. The minimum absolute atomic E-state index is 0.0294. The van der Waals surface area contributed by atoms with Crippen molar-refractivity contribution in [3.05, 3.63) is 40.2 Å². The molecule has 1 aromatic heterocycles. The van der Waals surface area contributed by atoms with E-state index in [-0.39, 0.29) is 22.9 Å². The number of hydrogen-bond acceptors (Lipinski definition) is 4. The molecule has 0 spiro atoms. The molecule has 0 saturated heterocycles. The Kier molecular flexibility index (Phi) is 3.66. The number of benzene rings is 1. The van der Waals surface area contributed by atoms with Crippen molar-refractivity contribution >= 4 is 17.3 Å². The van der Waals surface area contributed by atoms with E-state index in [1.807, 2.05) is 0 Å². The largest absolute Gasteiger partial charge is 0.461 e. The lowest BCUT2D eigenvalue weighted by atomic mass is 10.1. The Hall–Kier alpha value is -1.82. The Morgan fingerprint density at radius 2 is 2.22 bits per heavy atom. The summed E-state index contributed by atoms with van der Waals surface area (Å²) in [6.45, 7) is 1.92. The van der Waals surface area contributed by atoms with E-state index in [1.54, 1.807) is 6.92 Å². The average Bonchev–Trinajstić information content (AvgIpc) is 2.82. The zero-order valence-corrected chi connectivity index (χ0v) is 10.3. The molecule has 0 atom stereocenters. The van der Waals surface area contributed by atoms with Crippen molar-refractivity contribution in [2.75, 3.05) is 6.61 Å². The Balaban J connectivity index is 2.35. The van der Waals surface area contributed by atoms with E-state index in [0.717, 1.165) is 29.5 Å². The molecule has 0 N–H and O–H groups in total. The average molecular weight is 269 g/mol. The van der Waals surface area contributed by atoms with Crippen LogP contribution in [0, 0.1) is 11.6 Å². The molecule has 0 amide bonds. The molecule has 0 fully saturated rings. The van der Waals surface area contributed by atoms with E-state index in [4.69, 9.17) is 4.74 Å². The SMILES string of the molecule is CCOC(=O)c1nc(-c2cc(F)ccc2F)cs1. The fraction of sp³-hybridized carbons (Fsp3) is 0.167. The summed E-state index contributed by atoms with van der Waals surface area (Å²) in [5.41, 5.74) is 0.252. The molecule has 6 heteroatoms. The Bertz CT molecular complexity index is 583. The summed E-state index contributed by atoms with van der Waals surface area (Å²) < 4.78 is 31.3. The first kappa shape index (κ1) is 12.6. The van der Waals surface area contributed by atoms with Gasteiger partial charge in [0.1, 0.15) is 11.6 Å². The fourth-order valence-corrected chi connectivity index (χ4v) is 2.09. The molecule has 94 valence electrons. The molecule has 0 radical (unpaired) electrons. The van der Waals surface area contributed by atoms with Gasteiger partial charge in [-0.1, -0.05) is 0 Å². The van der Waals surface area contributed by atoms with Gasteiger partial charge in [0, 0.05) is 10.9 Å². The maximum absolute atomic E-state index is 13.5. The molecule has 2 rings (SSSR count). The lowest BCUT2D eigenvalue weighted by molar-refractivity contribution is 0.0526. The van der Waals surface area contributed by atoms with Gasteiger partial charge >= 0.3 is 5.97 Å². The standard InChI is InChI=1S/C12H9F2NO2S/c1-2-17-12(16)11-15-10(6-18-11)8-5-7(13)3-4-9(8)14/h3-6H,2H2,1H3. The first-order chi connectivity index (χ1) is 8.61. The van der Waals surface area contributed by atoms with Crippen LogP contribution in [0.25, 0.3) is 11.3 Å². The smallest absolute Gasteiger partial charge is 0.367 e. The second-order valence-electron chi connectivity index (χ2n) is 3.38. The van der Waals surface area contributed by atoms with Gasteiger partial charge in [0.25, 0.3) is 0 Å². The van der Waals surface area contributed by atoms with Crippen LogP contribution in [0.3, 0.4) is 0 Å². The number of halogens is 2. The molecule has 0 bridgehead atoms. The highest BCUT2D eigenvalue weighted by Gasteiger charge is 2.15. The molecular formula is C12H9F2NO2S. The number of aromatic nitrogens is 1. The highest BCUT2D eigenvalue weighted by molar-refractivity contribution is 7.11. The zero-order chi connectivity index (χ0) is 13.1. The van der Waals surface area contributed by atoms with E-state index < -0.39 is 17.6 Å². The first-order valence-electron chi connectivity index (χ1n) is 5.20. The van der Waals surface area contributed by atoms with Crippen molar-refractivity contribution < 1.29 is 18.3 Å². The summed E-state index contributed by atoms with van der Waals surface area (Å²) in [5.74, 6) is -1.71. The van der Waals surface area contributed by atoms with E-state index >= 15 is 0 Å². The molecule has 3 nitrogen and oxygen atoms in total. The van der Waals surface area contributed by atoms with Crippen LogP contribution < -0.4 is 0 Å². The third-order valence-electron chi connectivity index (χ3n) is 2.16. The van der Waals surface area contributed by atoms with Crippen LogP contribution >= 0.6 is 11.3 Å². The van der Waals surface area contributed by atoms with Crippen molar-refractivity contribution in [3.63, 3.8) is 0 Å². The van der Waals surface area contributed by atoms with E-state index in [1.165, 1.54) is 5.38 Å². The first-order valence-corrected chi connectivity index (χ1v) is 6.08. The summed E-state index contributed by atoms with van der Waals surface area (Å²) >= 11 is 1.03. The summed E-state index contributed by atoms with van der Waals surface area (Å²) in [6.07, 6.45) is 0. The maximum atomic E-state index is 13.5. The van der Waals surface area contributed by atoms with Gasteiger partial charge in [0.15, 0.2) is 0 Å². The Morgan fingerprint density at radius 3 is 2.94 bits per heavy atom. The van der Waals surface area contributed by atoms with Crippen molar-refractivity contribution in [2.45, 2.75) is 6.92 Å². The molecule has 0 aliphatic heterocycles. The number of esters is 1. The van der Waals surface area contributed by atoms with Crippen molar-refractivity contribution in [1.29, 1.82) is 0 Å². The summed E-state index contributed by atoms with van der Waals surface area (Å²) in [7, 11) is 0. The van der Waals surface area contributed by atoms with Crippen LogP contribution in [0.1, 0.15) is 16.7 Å². The molecule has 1 heterocycles. The van der Waals surface area contributed by atoms with Crippen molar-refractivity contribution in [1.82, 2.24) is 4.98 Å². The predicted molar refractivity (Wildman–Crippen MR) is 63.4 cm³/mol. The van der Waals surface area contributed by atoms with Crippen LogP contribution in [0.2, 0.25) is 0 Å². The molecule has 0 aliphatic carbocycles. The van der Waals surface area contributed by atoms with Gasteiger partial charge in [-0.2, -0.15) is 0 Å². The van der Waals surface area contributed by atoms with Gasteiger partial charge in [-0.15, -0.1) is 11.3 Å². The predicted octanol–water partition coefficient (Wildman–Crippen LogP) is 3.27. The fourth-order valence-electron chi connectivity index (χ4n) is 1.38. The van der Waals surface area contributed by atoms with Crippen molar-refractivity contribution in [3.8, 4) is 11.3 Å². The molecule has 2 aromatic rings. The monoisotopic (exact) mass is 269 g/mol. The van der Waals surface area contributed by atoms with Crippen LogP contribution in [0.4, 0.5) is 8.78 Å². The van der Waals surface area contributed by atoms with E-state index in [0.29, 0.717) is 0 Å². The third-order valence-corrected chi connectivity index (χ3v) is 2.98. The Morgan fingerprint density at radius 1 is 1.44 bits per heavy atom. The van der Waals surface area contributed by atoms with Gasteiger partial charge in [-0.3, -0.25) is 0 Å².